The summed E-state index contributed by atoms with van der Waals surface area (Å²) in [5.74, 6) is 2.49. The number of allylic oxidation sites excluding steroid dienone is 1. The Balaban J connectivity index is 2.38. The maximum atomic E-state index is 2.49. The minimum atomic E-state index is -1.87. The Hall–Kier alpha value is -2.37. The van der Waals surface area contributed by atoms with Crippen LogP contribution in [0, 0.1) is 0 Å². The Morgan fingerprint density at radius 1 is 0.640 bits per heavy atom. The second-order valence-electron chi connectivity index (χ2n) is 6.39. The third-order valence-corrected chi connectivity index (χ3v) is 8.68. The molecule has 3 rings (SSSR count). The highest BCUT2D eigenvalue weighted by Gasteiger charge is 2.43. The van der Waals surface area contributed by atoms with Crippen molar-refractivity contribution < 1.29 is 0 Å². The molecule has 25 heavy (non-hydrogen) atoms. The van der Waals surface area contributed by atoms with Crippen molar-refractivity contribution in [3.63, 3.8) is 0 Å². The number of hydrogen-bond acceptors (Lipinski definition) is 1. The summed E-state index contributed by atoms with van der Waals surface area (Å²) in [5, 5.41) is 4.15. The van der Waals surface area contributed by atoms with Gasteiger partial charge in [-0.05, 0) is 43.3 Å². The first-order valence-electron chi connectivity index (χ1n) is 8.57. The molecule has 0 saturated heterocycles. The highest BCUT2D eigenvalue weighted by atomic mass is 31.2. The molecule has 0 bridgehead atoms. The quantitative estimate of drug-likeness (QED) is 0.619. The number of nitrogens with zero attached hydrogens (tertiary/aromatic N) is 1. The van der Waals surface area contributed by atoms with E-state index in [2.05, 4.69) is 123 Å². The van der Waals surface area contributed by atoms with Crippen molar-refractivity contribution in [3.8, 4) is 0 Å². The van der Waals surface area contributed by atoms with E-state index in [1.807, 2.05) is 0 Å². The summed E-state index contributed by atoms with van der Waals surface area (Å²) in [6.07, 6.45) is 0. The molecule has 0 heterocycles. The Morgan fingerprint density at radius 3 is 1.24 bits per heavy atom. The molecule has 0 amide bonds. The topological polar surface area (TPSA) is 3.24 Å². The van der Waals surface area contributed by atoms with E-state index < -0.39 is 7.26 Å². The van der Waals surface area contributed by atoms with Gasteiger partial charge >= 0.3 is 0 Å². The summed E-state index contributed by atoms with van der Waals surface area (Å²) >= 11 is 0. The van der Waals surface area contributed by atoms with Crippen LogP contribution in [0.15, 0.2) is 103 Å². The first kappa shape index (κ1) is 17.5. The van der Waals surface area contributed by atoms with Crippen LogP contribution in [-0.2, 0) is 0 Å². The fourth-order valence-corrected chi connectivity index (χ4v) is 7.12. The van der Waals surface area contributed by atoms with Gasteiger partial charge in [0.25, 0.3) is 0 Å². The van der Waals surface area contributed by atoms with Crippen molar-refractivity contribution in [1.82, 2.24) is 4.90 Å². The molecule has 0 unspecified atom stereocenters. The molecule has 0 aliphatic heterocycles. The molecule has 0 aromatic heterocycles. The summed E-state index contributed by atoms with van der Waals surface area (Å²) in [6, 6.07) is 32.8. The number of hydrogen-bond donors (Lipinski definition) is 0. The van der Waals surface area contributed by atoms with Crippen molar-refractivity contribution in [1.29, 1.82) is 0 Å². The highest BCUT2D eigenvalue weighted by Crippen LogP contribution is 2.57. The predicted molar refractivity (Wildman–Crippen MR) is 113 cm³/mol. The molecule has 0 saturated carbocycles. The van der Waals surface area contributed by atoms with Crippen molar-refractivity contribution in [2.24, 2.45) is 0 Å². The first-order chi connectivity index (χ1) is 12.1. The summed E-state index contributed by atoms with van der Waals surface area (Å²) in [5.41, 5.74) is 1.28. The van der Waals surface area contributed by atoms with Gasteiger partial charge in [-0.25, -0.2) is 0 Å². The Kier molecular flexibility index (Phi) is 5.36. The SMILES string of the molecule is C/C(=C\[P+](c1ccccc1)(c1ccccc1)c1ccccc1)N(C)C. The van der Waals surface area contributed by atoms with E-state index in [0.29, 0.717) is 0 Å². The lowest BCUT2D eigenvalue weighted by Gasteiger charge is -2.26. The third kappa shape index (κ3) is 3.52. The minimum absolute atomic E-state index is 1.28. The van der Waals surface area contributed by atoms with Gasteiger partial charge < -0.3 is 4.90 Å². The smallest absolute Gasteiger partial charge is 0.138 e. The molecule has 0 aliphatic rings. The second-order valence-corrected chi connectivity index (χ2v) is 9.65. The number of rotatable bonds is 5. The summed E-state index contributed by atoms with van der Waals surface area (Å²) in [7, 11) is 2.36. The van der Waals surface area contributed by atoms with E-state index in [4.69, 9.17) is 0 Å². The van der Waals surface area contributed by atoms with Crippen LogP contribution in [0.4, 0.5) is 0 Å². The molecular formula is C23H25NP+. The predicted octanol–water partition coefficient (Wildman–Crippen LogP) is 4.40. The van der Waals surface area contributed by atoms with Gasteiger partial charge in [-0.2, -0.15) is 0 Å². The first-order valence-corrected chi connectivity index (χ1v) is 10.4. The lowest BCUT2D eigenvalue weighted by Crippen LogP contribution is -2.30. The van der Waals surface area contributed by atoms with Crippen LogP contribution in [0.25, 0.3) is 0 Å². The molecule has 0 spiro atoms. The zero-order valence-corrected chi connectivity index (χ0v) is 16.0. The molecule has 126 valence electrons. The lowest BCUT2D eigenvalue weighted by atomic mass is 10.4. The van der Waals surface area contributed by atoms with Crippen LogP contribution in [0.2, 0.25) is 0 Å². The Labute approximate surface area is 152 Å². The van der Waals surface area contributed by atoms with Gasteiger partial charge in [0.1, 0.15) is 23.2 Å². The van der Waals surface area contributed by atoms with E-state index in [-0.39, 0.29) is 0 Å². The average molecular weight is 346 g/mol. The third-order valence-electron chi connectivity index (χ3n) is 4.58. The molecule has 3 aromatic rings. The maximum absolute atomic E-state index is 2.49. The van der Waals surface area contributed by atoms with Gasteiger partial charge in [-0.3, -0.25) is 0 Å². The van der Waals surface area contributed by atoms with Crippen LogP contribution >= 0.6 is 7.26 Å². The molecule has 0 radical (unpaired) electrons. The fourth-order valence-electron chi connectivity index (χ4n) is 3.06. The van der Waals surface area contributed by atoms with Crippen LogP contribution < -0.4 is 15.9 Å². The standard InChI is InChI=1S/C23H25NP/c1-20(24(2)3)19-25(21-13-7-4-8-14-21,22-15-9-5-10-16-22)23-17-11-6-12-18-23/h4-19H,1-3H3/q+1/b20-19+. The van der Waals surface area contributed by atoms with Gasteiger partial charge in [0.15, 0.2) is 0 Å². The highest BCUT2D eigenvalue weighted by molar-refractivity contribution is 7.98. The molecule has 0 aliphatic carbocycles. The maximum Gasteiger partial charge on any atom is 0.138 e. The van der Waals surface area contributed by atoms with E-state index in [1.54, 1.807) is 0 Å². The van der Waals surface area contributed by atoms with Gasteiger partial charge in [0.2, 0.25) is 0 Å². The molecule has 0 N–H and O–H groups in total. The molecule has 1 nitrogen and oxygen atoms in total. The largest absolute Gasteiger partial charge is 0.378 e. The lowest BCUT2D eigenvalue weighted by molar-refractivity contribution is 0.515. The van der Waals surface area contributed by atoms with Crippen molar-refractivity contribution in [3.05, 3.63) is 103 Å². The van der Waals surface area contributed by atoms with Crippen LogP contribution in [0.5, 0.6) is 0 Å². The number of benzene rings is 3. The molecule has 2 heteroatoms. The summed E-state index contributed by atoms with van der Waals surface area (Å²) in [6.45, 7) is 2.20. The van der Waals surface area contributed by atoms with E-state index >= 15 is 0 Å². The van der Waals surface area contributed by atoms with Crippen LogP contribution in [0.1, 0.15) is 6.92 Å². The van der Waals surface area contributed by atoms with Gasteiger partial charge in [-0.1, -0.05) is 54.6 Å². The van der Waals surface area contributed by atoms with Gasteiger partial charge in [0.05, 0.1) is 5.82 Å². The average Bonchev–Trinajstić information content (AvgIpc) is 2.68. The molecular weight excluding hydrogens is 321 g/mol. The van der Waals surface area contributed by atoms with Crippen LogP contribution in [-0.4, -0.2) is 19.0 Å². The Bertz CT molecular complexity index is 727. The van der Waals surface area contributed by atoms with Crippen molar-refractivity contribution in [2.45, 2.75) is 6.92 Å². The van der Waals surface area contributed by atoms with E-state index in [0.717, 1.165) is 0 Å². The molecule has 0 atom stereocenters. The zero-order valence-electron chi connectivity index (χ0n) is 15.1. The fraction of sp³-hybridized carbons (Fsp3) is 0.130. The van der Waals surface area contributed by atoms with E-state index in [1.165, 1.54) is 21.6 Å². The van der Waals surface area contributed by atoms with E-state index in [9.17, 15) is 0 Å². The van der Waals surface area contributed by atoms with Crippen LogP contribution in [0.3, 0.4) is 0 Å². The molecule has 3 aromatic carbocycles. The van der Waals surface area contributed by atoms with Gasteiger partial charge in [-0.15, -0.1) is 0 Å². The summed E-state index contributed by atoms with van der Waals surface area (Å²) < 4.78 is 0. The molecule has 0 fully saturated rings. The normalized spacial score (nSPS) is 12.0. The minimum Gasteiger partial charge on any atom is -0.378 e. The Morgan fingerprint density at radius 2 is 0.960 bits per heavy atom. The van der Waals surface area contributed by atoms with Crippen molar-refractivity contribution in [2.75, 3.05) is 14.1 Å². The second kappa shape index (κ2) is 7.68. The zero-order chi connectivity index (χ0) is 17.7. The monoisotopic (exact) mass is 346 g/mol. The van der Waals surface area contributed by atoms with Gasteiger partial charge in [0, 0.05) is 19.8 Å². The van der Waals surface area contributed by atoms with Crippen molar-refractivity contribution >= 4 is 23.2 Å². The summed E-state index contributed by atoms with van der Waals surface area (Å²) in [4.78, 5) is 2.20.